The van der Waals surface area contributed by atoms with E-state index in [4.69, 9.17) is 11.6 Å². The molecule has 4 heterocycles. The van der Waals surface area contributed by atoms with E-state index in [1.165, 1.54) is 0 Å². The van der Waals surface area contributed by atoms with Gasteiger partial charge in [-0.05, 0) is 48.4 Å². The van der Waals surface area contributed by atoms with E-state index in [9.17, 15) is 13.6 Å². The highest BCUT2D eigenvalue weighted by Gasteiger charge is 2.37. The maximum atomic E-state index is 13.6. The number of carbonyl (C=O) groups excluding carboxylic acids is 1. The average molecular weight is 473 g/mol. The number of alkyl halides is 2. The molecule has 0 aliphatic carbocycles. The maximum absolute atomic E-state index is 13.6. The molecule has 10 heteroatoms. The zero-order valence-corrected chi connectivity index (χ0v) is 19.0. The van der Waals surface area contributed by atoms with E-state index in [0.717, 1.165) is 28.0 Å². The minimum atomic E-state index is -2.64. The Morgan fingerprint density at radius 2 is 1.88 bits per heavy atom. The van der Waals surface area contributed by atoms with Crippen LogP contribution in [0.1, 0.15) is 33.9 Å². The van der Waals surface area contributed by atoms with Gasteiger partial charge in [0.15, 0.2) is 5.65 Å². The first-order valence-corrected chi connectivity index (χ1v) is 11.1. The van der Waals surface area contributed by atoms with Gasteiger partial charge in [-0.25, -0.2) is 8.78 Å². The van der Waals surface area contributed by atoms with Gasteiger partial charge < -0.3 is 9.88 Å². The lowest BCUT2D eigenvalue weighted by molar-refractivity contribution is 0.0115. The molecule has 7 nitrogen and oxygen atoms in total. The Balaban J connectivity index is 1.54. The molecule has 33 heavy (non-hydrogen) atoms. The Bertz CT molecular complexity index is 1380. The number of carbonyl (C=O) groups is 1. The highest BCUT2D eigenvalue weighted by Crippen LogP contribution is 2.29. The van der Waals surface area contributed by atoms with E-state index in [1.807, 2.05) is 46.2 Å². The monoisotopic (exact) mass is 472 g/mol. The summed E-state index contributed by atoms with van der Waals surface area (Å²) in [5.41, 5.74) is 4.62. The summed E-state index contributed by atoms with van der Waals surface area (Å²) in [4.78, 5) is 14.4. The fourth-order valence-corrected chi connectivity index (χ4v) is 4.89. The van der Waals surface area contributed by atoms with Crippen molar-refractivity contribution in [1.82, 2.24) is 29.4 Å². The van der Waals surface area contributed by atoms with Gasteiger partial charge in [0.2, 0.25) is 0 Å². The molecule has 1 aromatic carbocycles. The molecule has 0 saturated carbocycles. The Morgan fingerprint density at radius 1 is 1.12 bits per heavy atom. The summed E-state index contributed by atoms with van der Waals surface area (Å²) in [6, 6.07) is 11.2. The van der Waals surface area contributed by atoms with Crippen molar-refractivity contribution in [3.8, 4) is 0 Å². The van der Waals surface area contributed by atoms with Crippen LogP contribution in [0.4, 0.5) is 8.78 Å². The number of benzene rings is 1. The average Bonchev–Trinajstić information content (AvgIpc) is 3.42. The largest absolute Gasteiger partial charge is 0.354 e. The molecule has 1 amide bonds. The van der Waals surface area contributed by atoms with Gasteiger partial charge in [-0.3, -0.25) is 14.1 Å². The summed E-state index contributed by atoms with van der Waals surface area (Å²) < 4.78 is 31.0. The first-order chi connectivity index (χ1) is 15.7. The van der Waals surface area contributed by atoms with Gasteiger partial charge in [0.1, 0.15) is 11.5 Å². The Kier molecular flexibility index (Phi) is 5.33. The second kappa shape index (κ2) is 8.07. The minimum absolute atomic E-state index is 0.123. The number of hydrogen-bond donors (Lipinski definition) is 1. The third kappa shape index (κ3) is 4.06. The zero-order chi connectivity index (χ0) is 23.3. The minimum Gasteiger partial charge on any atom is -0.354 e. The molecule has 0 spiro atoms. The molecule has 172 valence electrons. The van der Waals surface area contributed by atoms with Gasteiger partial charge >= 0.3 is 0 Å². The molecule has 0 radical (unpaired) electrons. The van der Waals surface area contributed by atoms with E-state index in [1.54, 1.807) is 18.0 Å². The molecule has 1 aliphatic heterocycles. The smallest absolute Gasteiger partial charge is 0.267 e. The normalized spacial score (nSPS) is 16.2. The van der Waals surface area contributed by atoms with E-state index < -0.39 is 5.92 Å². The first-order valence-electron chi connectivity index (χ1n) is 10.7. The lowest BCUT2D eigenvalue weighted by atomic mass is 10.1. The Morgan fingerprint density at radius 3 is 2.58 bits per heavy atom. The van der Waals surface area contributed by atoms with Crippen molar-refractivity contribution in [2.24, 2.45) is 0 Å². The molecule has 1 saturated heterocycles. The second-order valence-corrected chi connectivity index (χ2v) is 8.96. The van der Waals surface area contributed by atoms with Gasteiger partial charge in [0.25, 0.3) is 11.8 Å². The van der Waals surface area contributed by atoms with Crippen molar-refractivity contribution in [1.29, 1.82) is 0 Å². The van der Waals surface area contributed by atoms with Crippen LogP contribution in [0.25, 0.3) is 16.7 Å². The Labute approximate surface area is 193 Å². The predicted octanol–water partition coefficient (Wildman–Crippen LogP) is 3.89. The fraction of sp³-hybridized carbons (Fsp3) is 0.348. The van der Waals surface area contributed by atoms with Crippen LogP contribution in [0.5, 0.6) is 0 Å². The summed E-state index contributed by atoms with van der Waals surface area (Å²) in [5, 5.41) is 11.5. The number of halogens is 3. The Hall–Kier alpha value is -3.04. The van der Waals surface area contributed by atoms with E-state index in [0.29, 0.717) is 36.0 Å². The number of pyridine rings is 1. The van der Waals surface area contributed by atoms with Crippen LogP contribution in [0, 0.1) is 6.92 Å². The van der Waals surface area contributed by atoms with Gasteiger partial charge in [0.05, 0.1) is 17.6 Å². The molecule has 4 aromatic rings. The second-order valence-electron chi connectivity index (χ2n) is 8.52. The molecule has 1 aliphatic rings. The van der Waals surface area contributed by atoms with E-state index >= 15 is 0 Å². The van der Waals surface area contributed by atoms with Crippen molar-refractivity contribution in [3.05, 3.63) is 64.1 Å². The van der Waals surface area contributed by atoms with Crippen LogP contribution < -0.4 is 5.32 Å². The maximum Gasteiger partial charge on any atom is 0.267 e. The number of aryl methyl sites for hydroxylation is 1. The number of hydrogen-bond acceptors (Lipinski definition) is 4. The highest BCUT2D eigenvalue weighted by molar-refractivity contribution is 6.30. The number of amides is 1. The number of fused-ring (bicyclic) bond motifs is 3. The van der Waals surface area contributed by atoms with Gasteiger partial charge in [-0.15, -0.1) is 10.2 Å². The molecule has 0 unspecified atom stereocenters. The predicted molar refractivity (Wildman–Crippen MR) is 122 cm³/mol. The number of likely N-dealkylation sites (tertiary alicyclic amines) is 1. The van der Waals surface area contributed by atoms with Crippen molar-refractivity contribution in [3.63, 3.8) is 0 Å². The summed E-state index contributed by atoms with van der Waals surface area (Å²) in [7, 11) is 1.59. The molecule has 0 bridgehead atoms. The molecule has 0 atom stereocenters. The molecule has 1 fully saturated rings. The summed E-state index contributed by atoms with van der Waals surface area (Å²) in [6.07, 6.45) is -0.123. The molecular formula is C23H23ClF2N6O. The van der Waals surface area contributed by atoms with Crippen molar-refractivity contribution in [2.75, 3.05) is 20.1 Å². The van der Waals surface area contributed by atoms with Crippen LogP contribution in [0.2, 0.25) is 5.02 Å². The SMILES string of the molecule is CNC(=O)c1cc2c(ccc3nnc(C)n32)n1Cc1cc(Cl)cc(CN2CCC(F)(F)C2)c1. The van der Waals surface area contributed by atoms with E-state index in [-0.39, 0.29) is 18.9 Å². The van der Waals surface area contributed by atoms with Crippen LogP contribution in [0.15, 0.2) is 36.4 Å². The lowest BCUT2D eigenvalue weighted by Gasteiger charge is -2.17. The van der Waals surface area contributed by atoms with Crippen LogP contribution in [-0.2, 0) is 13.1 Å². The topological polar surface area (TPSA) is 67.5 Å². The quantitative estimate of drug-likeness (QED) is 0.478. The summed E-state index contributed by atoms with van der Waals surface area (Å²) >= 11 is 6.39. The first kappa shape index (κ1) is 21.8. The van der Waals surface area contributed by atoms with E-state index in [2.05, 4.69) is 15.5 Å². The highest BCUT2D eigenvalue weighted by atomic mass is 35.5. The van der Waals surface area contributed by atoms with Gasteiger partial charge in [-0.1, -0.05) is 17.7 Å². The van der Waals surface area contributed by atoms with Gasteiger partial charge in [0, 0.05) is 38.1 Å². The number of nitrogens with one attached hydrogen (secondary N) is 1. The molecule has 5 rings (SSSR count). The molecule has 3 aromatic heterocycles. The number of rotatable bonds is 5. The zero-order valence-electron chi connectivity index (χ0n) is 18.3. The third-order valence-corrected chi connectivity index (χ3v) is 6.29. The van der Waals surface area contributed by atoms with Crippen LogP contribution in [0.3, 0.4) is 0 Å². The van der Waals surface area contributed by atoms with Crippen molar-refractivity contribution >= 4 is 34.2 Å². The van der Waals surface area contributed by atoms with Gasteiger partial charge in [-0.2, -0.15) is 0 Å². The number of nitrogens with zero attached hydrogens (tertiary/aromatic N) is 5. The third-order valence-electron chi connectivity index (χ3n) is 6.07. The summed E-state index contributed by atoms with van der Waals surface area (Å²) in [5.74, 6) is -2.13. The number of aromatic nitrogens is 4. The summed E-state index contributed by atoms with van der Waals surface area (Å²) in [6.45, 7) is 2.76. The van der Waals surface area contributed by atoms with Crippen molar-refractivity contribution < 1.29 is 13.6 Å². The lowest BCUT2D eigenvalue weighted by Crippen LogP contribution is -2.25. The van der Waals surface area contributed by atoms with Crippen LogP contribution >= 0.6 is 11.6 Å². The standard InChI is InChI=1S/C23H23ClF2N6O/c1-14-28-29-21-4-3-18-19(32(14)21)10-20(22(33)27-2)31(18)12-16-7-15(8-17(24)9-16)11-30-6-5-23(25,26)13-30/h3-4,7-10H,5-6,11-13H2,1-2H3,(H,27,33). The van der Waals surface area contributed by atoms with Crippen molar-refractivity contribution in [2.45, 2.75) is 32.4 Å². The molecular weight excluding hydrogens is 450 g/mol. The van der Waals surface area contributed by atoms with Crippen LogP contribution in [-0.4, -0.2) is 56.0 Å². The fourth-order valence-electron chi connectivity index (χ4n) is 4.61. The molecule has 1 N–H and O–H groups in total.